The van der Waals surface area contributed by atoms with Crippen molar-refractivity contribution in [3.63, 3.8) is 0 Å². The van der Waals surface area contributed by atoms with Crippen LogP contribution in [-0.4, -0.2) is 22.4 Å². The summed E-state index contributed by atoms with van der Waals surface area (Å²) >= 11 is 6.07. The molecule has 126 valence electrons. The zero-order valence-corrected chi connectivity index (χ0v) is 14.4. The van der Waals surface area contributed by atoms with E-state index in [4.69, 9.17) is 11.6 Å². The summed E-state index contributed by atoms with van der Waals surface area (Å²) < 4.78 is 0. The van der Waals surface area contributed by atoms with Gasteiger partial charge in [0, 0.05) is 29.5 Å². The van der Waals surface area contributed by atoms with Crippen molar-refractivity contribution in [1.82, 2.24) is 15.3 Å². The van der Waals surface area contributed by atoms with Gasteiger partial charge in [-0.15, -0.1) is 0 Å². The molecule has 1 aromatic heterocycles. The first-order chi connectivity index (χ1) is 12.2. The van der Waals surface area contributed by atoms with E-state index >= 15 is 0 Å². The van der Waals surface area contributed by atoms with Crippen molar-refractivity contribution in [2.45, 2.75) is 12.8 Å². The Hall–Kier alpha value is -2.72. The molecule has 1 amide bonds. The third-order valence-corrected chi connectivity index (χ3v) is 4.15. The molecule has 1 N–H and O–H groups in total. The highest BCUT2D eigenvalue weighted by atomic mass is 35.5. The van der Waals surface area contributed by atoms with Gasteiger partial charge in [0.25, 0.3) is 0 Å². The predicted octanol–water partition coefficient (Wildman–Crippen LogP) is 3.70. The number of carbonyl (C=O) groups excluding carboxylic acids is 1. The highest BCUT2D eigenvalue weighted by molar-refractivity contribution is 6.31. The van der Waals surface area contributed by atoms with Gasteiger partial charge >= 0.3 is 0 Å². The number of rotatable bonds is 6. The van der Waals surface area contributed by atoms with Gasteiger partial charge in [-0.3, -0.25) is 4.79 Å². The van der Waals surface area contributed by atoms with Crippen molar-refractivity contribution in [2.24, 2.45) is 0 Å². The second kappa shape index (κ2) is 8.40. The Morgan fingerprint density at radius 1 is 0.960 bits per heavy atom. The van der Waals surface area contributed by atoms with Crippen molar-refractivity contribution in [3.05, 3.63) is 83.1 Å². The molecule has 0 saturated heterocycles. The fourth-order valence-electron chi connectivity index (χ4n) is 2.44. The average molecular weight is 352 g/mol. The highest BCUT2D eigenvalue weighted by Crippen LogP contribution is 2.15. The third-order valence-electron chi connectivity index (χ3n) is 3.78. The maximum atomic E-state index is 12.0. The first-order valence-electron chi connectivity index (χ1n) is 8.09. The molecule has 0 aliphatic rings. The number of halogens is 1. The van der Waals surface area contributed by atoms with E-state index in [9.17, 15) is 4.79 Å². The van der Waals surface area contributed by atoms with Crippen LogP contribution in [0.15, 0.2) is 67.0 Å². The molecule has 0 fully saturated rings. The summed E-state index contributed by atoms with van der Waals surface area (Å²) in [7, 11) is 0. The van der Waals surface area contributed by atoms with Gasteiger partial charge in [-0.05, 0) is 23.6 Å². The number of nitrogens with zero attached hydrogens (tertiary/aromatic N) is 2. The lowest BCUT2D eigenvalue weighted by atomic mass is 10.1. The largest absolute Gasteiger partial charge is 0.355 e. The molecule has 0 aliphatic heterocycles. The molecule has 0 atom stereocenters. The quantitative estimate of drug-likeness (QED) is 0.736. The summed E-state index contributed by atoms with van der Waals surface area (Å²) in [6.07, 6.45) is 4.57. The van der Waals surface area contributed by atoms with Crippen LogP contribution in [0.25, 0.3) is 11.4 Å². The van der Waals surface area contributed by atoms with Crippen LogP contribution in [0.2, 0.25) is 5.02 Å². The number of amides is 1. The number of hydrogen-bond acceptors (Lipinski definition) is 3. The van der Waals surface area contributed by atoms with Crippen LogP contribution >= 0.6 is 11.6 Å². The van der Waals surface area contributed by atoms with Crippen LogP contribution in [0.1, 0.15) is 11.1 Å². The molecule has 25 heavy (non-hydrogen) atoms. The molecule has 0 spiro atoms. The number of benzene rings is 2. The maximum absolute atomic E-state index is 12.0. The number of aromatic nitrogens is 2. The highest BCUT2D eigenvalue weighted by Gasteiger charge is 2.06. The first kappa shape index (κ1) is 17.1. The van der Waals surface area contributed by atoms with E-state index in [2.05, 4.69) is 15.3 Å². The van der Waals surface area contributed by atoms with E-state index in [-0.39, 0.29) is 12.3 Å². The smallest absolute Gasteiger partial charge is 0.224 e. The van der Waals surface area contributed by atoms with E-state index in [1.54, 1.807) is 18.5 Å². The Kier molecular flexibility index (Phi) is 5.75. The minimum atomic E-state index is -0.0464. The fourth-order valence-corrected chi connectivity index (χ4v) is 2.65. The first-order valence-corrected chi connectivity index (χ1v) is 8.46. The Morgan fingerprint density at radius 3 is 2.36 bits per heavy atom. The van der Waals surface area contributed by atoms with Gasteiger partial charge in [-0.1, -0.05) is 60.1 Å². The second-order valence-corrected chi connectivity index (χ2v) is 6.06. The van der Waals surface area contributed by atoms with Crippen LogP contribution in [0.4, 0.5) is 0 Å². The second-order valence-electron chi connectivity index (χ2n) is 5.65. The van der Waals surface area contributed by atoms with Gasteiger partial charge in [0.05, 0.1) is 6.42 Å². The molecule has 1 heterocycles. The van der Waals surface area contributed by atoms with Gasteiger partial charge < -0.3 is 5.32 Å². The SMILES string of the molecule is O=C(Cc1ccccc1Cl)NCCc1cnc(-c2ccccc2)nc1. The lowest BCUT2D eigenvalue weighted by molar-refractivity contribution is -0.120. The van der Waals surface area contributed by atoms with E-state index in [1.165, 1.54) is 0 Å². The van der Waals surface area contributed by atoms with E-state index < -0.39 is 0 Å². The Labute approximate surface area is 151 Å². The summed E-state index contributed by atoms with van der Waals surface area (Å²) in [5.41, 5.74) is 2.80. The van der Waals surface area contributed by atoms with Crippen molar-refractivity contribution in [2.75, 3.05) is 6.54 Å². The maximum Gasteiger partial charge on any atom is 0.224 e. The zero-order chi connectivity index (χ0) is 17.5. The van der Waals surface area contributed by atoms with Crippen molar-refractivity contribution in [1.29, 1.82) is 0 Å². The molecule has 3 rings (SSSR count). The van der Waals surface area contributed by atoms with Gasteiger partial charge in [0.15, 0.2) is 5.82 Å². The van der Waals surface area contributed by atoms with E-state index in [1.807, 2.05) is 48.5 Å². The number of nitrogens with one attached hydrogen (secondary N) is 1. The van der Waals surface area contributed by atoms with Gasteiger partial charge in [0.2, 0.25) is 5.91 Å². The molecule has 0 saturated carbocycles. The molecule has 0 unspecified atom stereocenters. The standard InChI is InChI=1S/C20H18ClN3O/c21-18-9-5-4-8-17(18)12-19(25)22-11-10-15-13-23-20(24-14-15)16-6-2-1-3-7-16/h1-9,13-14H,10-12H2,(H,22,25). The fraction of sp³-hybridized carbons (Fsp3) is 0.150. The van der Waals surface area contributed by atoms with Crippen molar-refractivity contribution >= 4 is 17.5 Å². The predicted molar refractivity (Wildman–Crippen MR) is 99.3 cm³/mol. The molecule has 0 bridgehead atoms. The lowest BCUT2D eigenvalue weighted by Crippen LogP contribution is -2.27. The topological polar surface area (TPSA) is 54.9 Å². The minimum Gasteiger partial charge on any atom is -0.355 e. The average Bonchev–Trinajstić information content (AvgIpc) is 2.65. The van der Waals surface area contributed by atoms with E-state index in [0.717, 1.165) is 16.7 Å². The third kappa shape index (κ3) is 4.88. The van der Waals surface area contributed by atoms with Gasteiger partial charge in [-0.25, -0.2) is 9.97 Å². The van der Waals surface area contributed by atoms with Crippen LogP contribution in [0.3, 0.4) is 0 Å². The van der Waals surface area contributed by atoms with Crippen LogP contribution < -0.4 is 5.32 Å². The van der Waals surface area contributed by atoms with E-state index in [0.29, 0.717) is 23.8 Å². The number of carbonyl (C=O) groups is 1. The summed E-state index contributed by atoms with van der Waals surface area (Å²) in [5, 5.41) is 3.51. The monoisotopic (exact) mass is 351 g/mol. The van der Waals surface area contributed by atoms with Crippen molar-refractivity contribution in [3.8, 4) is 11.4 Å². The van der Waals surface area contributed by atoms with Gasteiger partial charge in [-0.2, -0.15) is 0 Å². The molecule has 4 nitrogen and oxygen atoms in total. The molecule has 3 aromatic rings. The molecule has 2 aromatic carbocycles. The Balaban J connectivity index is 1.49. The molecule has 0 radical (unpaired) electrons. The van der Waals surface area contributed by atoms with Crippen LogP contribution in [0.5, 0.6) is 0 Å². The summed E-state index contributed by atoms with van der Waals surface area (Å²) in [6.45, 7) is 0.539. The molecule has 0 aliphatic carbocycles. The lowest BCUT2D eigenvalue weighted by Gasteiger charge is -2.07. The zero-order valence-electron chi connectivity index (χ0n) is 13.7. The minimum absolute atomic E-state index is 0.0464. The molecular formula is C20H18ClN3O. The van der Waals surface area contributed by atoms with Crippen LogP contribution in [-0.2, 0) is 17.6 Å². The van der Waals surface area contributed by atoms with Gasteiger partial charge in [0.1, 0.15) is 0 Å². The Bertz CT molecular complexity index is 835. The van der Waals surface area contributed by atoms with Crippen LogP contribution in [0, 0.1) is 0 Å². The summed E-state index contributed by atoms with van der Waals surface area (Å²) in [4.78, 5) is 20.8. The molecular weight excluding hydrogens is 334 g/mol. The normalized spacial score (nSPS) is 10.4. The van der Waals surface area contributed by atoms with Crippen molar-refractivity contribution < 1.29 is 4.79 Å². The Morgan fingerprint density at radius 2 is 1.64 bits per heavy atom. The summed E-state index contributed by atoms with van der Waals surface area (Å²) in [6, 6.07) is 17.2. The molecule has 5 heteroatoms. The number of hydrogen-bond donors (Lipinski definition) is 1. The summed E-state index contributed by atoms with van der Waals surface area (Å²) in [5.74, 6) is 0.655.